The van der Waals surface area contributed by atoms with E-state index in [9.17, 15) is 0 Å². The van der Waals surface area contributed by atoms with E-state index in [4.69, 9.17) is 4.98 Å². The molecule has 3 heteroatoms. The Hall–Kier alpha value is -1.09. The van der Waals surface area contributed by atoms with Crippen LogP contribution in [0.3, 0.4) is 0 Å². The van der Waals surface area contributed by atoms with Gasteiger partial charge in [0, 0.05) is 25.3 Å². The molecule has 1 aromatic heterocycles. The summed E-state index contributed by atoms with van der Waals surface area (Å²) in [5.74, 6) is 1.18. The maximum absolute atomic E-state index is 4.92. The van der Waals surface area contributed by atoms with Gasteiger partial charge in [0.15, 0.2) is 0 Å². The zero-order valence-electron chi connectivity index (χ0n) is 14.2. The second kappa shape index (κ2) is 7.26. The lowest BCUT2D eigenvalue weighted by molar-refractivity contribution is 0.292. The highest BCUT2D eigenvalue weighted by atomic mass is 15.2. The van der Waals surface area contributed by atoms with Crippen LogP contribution in [0.5, 0.6) is 0 Å². The molecule has 1 saturated heterocycles. The Morgan fingerprint density at radius 3 is 2.76 bits per heavy atom. The summed E-state index contributed by atoms with van der Waals surface area (Å²) < 4.78 is 0. The quantitative estimate of drug-likeness (QED) is 0.864. The fourth-order valence-corrected chi connectivity index (χ4v) is 3.17. The zero-order valence-corrected chi connectivity index (χ0v) is 14.2. The average molecular weight is 289 g/mol. The molecule has 2 heterocycles. The van der Waals surface area contributed by atoms with Crippen molar-refractivity contribution in [2.75, 3.05) is 24.5 Å². The van der Waals surface area contributed by atoms with Crippen LogP contribution in [0.2, 0.25) is 0 Å². The Balaban J connectivity index is 2.21. The highest BCUT2D eigenvalue weighted by Gasteiger charge is 2.27. The molecular weight excluding hydrogens is 258 g/mol. The van der Waals surface area contributed by atoms with E-state index in [2.05, 4.69) is 50.0 Å². The third-order valence-corrected chi connectivity index (χ3v) is 4.23. The average Bonchev–Trinajstić information content (AvgIpc) is 2.44. The summed E-state index contributed by atoms with van der Waals surface area (Å²) in [7, 11) is 0. The Morgan fingerprint density at radius 1 is 1.29 bits per heavy atom. The Bertz CT molecular complexity index is 454. The van der Waals surface area contributed by atoms with Gasteiger partial charge in [-0.05, 0) is 48.9 Å². The van der Waals surface area contributed by atoms with E-state index >= 15 is 0 Å². The summed E-state index contributed by atoms with van der Waals surface area (Å²) in [6, 6.07) is 4.55. The van der Waals surface area contributed by atoms with E-state index in [0.717, 1.165) is 39.0 Å². The number of piperidine rings is 1. The van der Waals surface area contributed by atoms with Crippen LogP contribution < -0.4 is 10.2 Å². The predicted molar refractivity (Wildman–Crippen MR) is 90.8 cm³/mol. The van der Waals surface area contributed by atoms with Crippen LogP contribution in [-0.2, 0) is 13.0 Å². The normalized spacial score (nSPS) is 18.0. The number of anilines is 1. The zero-order chi connectivity index (χ0) is 15.3. The molecule has 0 spiro atoms. The molecule has 0 saturated carbocycles. The standard InChI is InChI=1S/C18H31N3/c1-5-8-16-11-15(13-19-6-2)12-17(20-16)21-10-7-9-18(3,4)14-21/h11-12,19H,5-10,13-14H2,1-4H3. The van der Waals surface area contributed by atoms with Crippen molar-refractivity contribution < 1.29 is 0 Å². The minimum absolute atomic E-state index is 0.405. The number of hydrogen-bond acceptors (Lipinski definition) is 3. The van der Waals surface area contributed by atoms with Gasteiger partial charge in [0.05, 0.1) is 0 Å². The molecule has 1 N–H and O–H groups in total. The third kappa shape index (κ3) is 4.70. The first-order valence-corrected chi connectivity index (χ1v) is 8.49. The third-order valence-electron chi connectivity index (χ3n) is 4.23. The summed E-state index contributed by atoms with van der Waals surface area (Å²) in [4.78, 5) is 7.40. The summed E-state index contributed by atoms with van der Waals surface area (Å²) >= 11 is 0. The van der Waals surface area contributed by atoms with Gasteiger partial charge in [-0.3, -0.25) is 0 Å². The van der Waals surface area contributed by atoms with E-state index in [1.54, 1.807) is 0 Å². The topological polar surface area (TPSA) is 28.2 Å². The molecule has 118 valence electrons. The number of hydrogen-bond donors (Lipinski definition) is 1. The van der Waals surface area contributed by atoms with Gasteiger partial charge < -0.3 is 10.2 Å². The van der Waals surface area contributed by atoms with Gasteiger partial charge >= 0.3 is 0 Å². The van der Waals surface area contributed by atoms with Gasteiger partial charge in [0.25, 0.3) is 0 Å². The predicted octanol–water partition coefficient (Wildman–Crippen LogP) is 3.77. The Morgan fingerprint density at radius 2 is 2.10 bits per heavy atom. The lowest BCUT2D eigenvalue weighted by atomic mass is 9.84. The van der Waals surface area contributed by atoms with E-state index in [0.29, 0.717) is 5.41 Å². The van der Waals surface area contributed by atoms with Crippen molar-refractivity contribution in [2.45, 2.75) is 59.9 Å². The van der Waals surface area contributed by atoms with Crippen molar-refractivity contribution in [1.82, 2.24) is 10.3 Å². The van der Waals surface area contributed by atoms with Crippen molar-refractivity contribution >= 4 is 5.82 Å². The molecule has 0 unspecified atom stereocenters. The SMILES string of the molecule is CCCc1cc(CNCC)cc(N2CCCC(C)(C)C2)n1. The van der Waals surface area contributed by atoms with Gasteiger partial charge in [0.2, 0.25) is 0 Å². The molecule has 1 aromatic rings. The molecule has 0 amide bonds. The molecule has 2 rings (SSSR count). The summed E-state index contributed by atoms with van der Waals surface area (Å²) in [6.45, 7) is 13.3. The fraction of sp³-hybridized carbons (Fsp3) is 0.722. The number of rotatable bonds is 6. The highest BCUT2D eigenvalue weighted by Crippen LogP contribution is 2.31. The number of aromatic nitrogens is 1. The number of aryl methyl sites for hydroxylation is 1. The lowest BCUT2D eigenvalue weighted by Gasteiger charge is -2.39. The van der Waals surface area contributed by atoms with Crippen LogP contribution in [0.15, 0.2) is 12.1 Å². The summed E-state index contributed by atoms with van der Waals surface area (Å²) in [5.41, 5.74) is 3.02. The molecule has 0 radical (unpaired) electrons. The van der Waals surface area contributed by atoms with Gasteiger partial charge in [-0.1, -0.05) is 34.1 Å². The minimum atomic E-state index is 0.405. The molecule has 0 aliphatic carbocycles. The van der Waals surface area contributed by atoms with E-state index in [1.807, 2.05) is 0 Å². The molecule has 1 aliphatic heterocycles. The van der Waals surface area contributed by atoms with Crippen molar-refractivity contribution in [3.8, 4) is 0 Å². The van der Waals surface area contributed by atoms with Crippen LogP contribution in [-0.4, -0.2) is 24.6 Å². The maximum atomic E-state index is 4.92. The van der Waals surface area contributed by atoms with Gasteiger partial charge in [0.1, 0.15) is 5.82 Å². The second-order valence-electron chi connectivity index (χ2n) is 7.04. The molecule has 0 atom stereocenters. The highest BCUT2D eigenvalue weighted by molar-refractivity contribution is 5.43. The van der Waals surface area contributed by atoms with Crippen LogP contribution in [0, 0.1) is 5.41 Å². The molecule has 21 heavy (non-hydrogen) atoms. The van der Waals surface area contributed by atoms with Crippen molar-refractivity contribution in [1.29, 1.82) is 0 Å². The first kappa shape index (κ1) is 16.3. The van der Waals surface area contributed by atoms with Gasteiger partial charge in [-0.15, -0.1) is 0 Å². The molecule has 0 aromatic carbocycles. The second-order valence-corrected chi connectivity index (χ2v) is 7.04. The van der Waals surface area contributed by atoms with Gasteiger partial charge in [-0.2, -0.15) is 0 Å². The first-order chi connectivity index (χ1) is 10.0. The molecule has 3 nitrogen and oxygen atoms in total. The Kier molecular flexibility index (Phi) is 5.63. The van der Waals surface area contributed by atoms with Crippen LogP contribution in [0.1, 0.15) is 58.2 Å². The van der Waals surface area contributed by atoms with Crippen molar-refractivity contribution in [3.05, 3.63) is 23.4 Å². The van der Waals surface area contributed by atoms with E-state index in [-0.39, 0.29) is 0 Å². The maximum Gasteiger partial charge on any atom is 0.129 e. The molecule has 1 aliphatic rings. The molecule has 1 fully saturated rings. The molecule has 0 bridgehead atoms. The minimum Gasteiger partial charge on any atom is -0.356 e. The van der Waals surface area contributed by atoms with Crippen LogP contribution in [0.4, 0.5) is 5.82 Å². The smallest absolute Gasteiger partial charge is 0.129 e. The molecular formula is C18H31N3. The number of nitrogens with one attached hydrogen (secondary N) is 1. The van der Waals surface area contributed by atoms with Crippen molar-refractivity contribution in [2.24, 2.45) is 5.41 Å². The largest absolute Gasteiger partial charge is 0.356 e. The van der Waals surface area contributed by atoms with Gasteiger partial charge in [-0.25, -0.2) is 4.98 Å². The Labute approximate surface area is 130 Å². The lowest BCUT2D eigenvalue weighted by Crippen LogP contribution is -2.40. The van der Waals surface area contributed by atoms with E-state index < -0.39 is 0 Å². The monoisotopic (exact) mass is 289 g/mol. The fourth-order valence-electron chi connectivity index (χ4n) is 3.17. The first-order valence-electron chi connectivity index (χ1n) is 8.49. The number of nitrogens with zero attached hydrogens (tertiary/aromatic N) is 2. The number of pyridine rings is 1. The van der Waals surface area contributed by atoms with Crippen LogP contribution in [0.25, 0.3) is 0 Å². The van der Waals surface area contributed by atoms with Crippen LogP contribution >= 0.6 is 0 Å². The summed E-state index contributed by atoms with van der Waals surface area (Å²) in [6.07, 6.45) is 4.82. The van der Waals surface area contributed by atoms with E-state index in [1.165, 1.54) is 29.9 Å². The van der Waals surface area contributed by atoms with Crippen molar-refractivity contribution in [3.63, 3.8) is 0 Å². The summed E-state index contributed by atoms with van der Waals surface area (Å²) in [5, 5.41) is 3.43.